The van der Waals surface area contributed by atoms with Crippen LogP contribution in [-0.4, -0.2) is 13.2 Å². The molecule has 0 aliphatic heterocycles. The summed E-state index contributed by atoms with van der Waals surface area (Å²) in [5, 5.41) is 0. The summed E-state index contributed by atoms with van der Waals surface area (Å²) in [4.78, 5) is 0. The van der Waals surface area contributed by atoms with E-state index in [1.54, 1.807) is 0 Å². The molecular formula is C14H22ClNO. The van der Waals surface area contributed by atoms with Crippen LogP contribution in [0.5, 0.6) is 5.75 Å². The van der Waals surface area contributed by atoms with Crippen LogP contribution >= 0.6 is 12.4 Å². The van der Waals surface area contributed by atoms with Gasteiger partial charge in [0.15, 0.2) is 0 Å². The molecule has 1 saturated carbocycles. The van der Waals surface area contributed by atoms with Gasteiger partial charge >= 0.3 is 0 Å². The van der Waals surface area contributed by atoms with Gasteiger partial charge in [0.1, 0.15) is 5.75 Å². The Morgan fingerprint density at radius 1 is 1.00 bits per heavy atom. The second kappa shape index (κ2) is 7.57. The number of nitrogens with two attached hydrogens (primary N) is 1. The third kappa shape index (κ3) is 4.57. The van der Waals surface area contributed by atoms with Crippen LogP contribution in [0.1, 0.15) is 25.7 Å². The van der Waals surface area contributed by atoms with Gasteiger partial charge in [0.25, 0.3) is 0 Å². The van der Waals surface area contributed by atoms with Crippen molar-refractivity contribution >= 4 is 12.4 Å². The van der Waals surface area contributed by atoms with E-state index in [1.165, 1.54) is 25.7 Å². The second-order valence-corrected chi connectivity index (χ2v) is 4.75. The Balaban J connectivity index is 0.00000144. The lowest BCUT2D eigenvalue weighted by atomic mass is 9.82. The molecule has 2 rings (SSSR count). The standard InChI is InChI=1S/C14H21NO.ClH/c15-10-12-6-8-13(9-7-12)11-16-14-4-2-1-3-5-14;/h1-5,12-13H,6-11,15H2;1H/t12-,13+;. The number of para-hydroxylation sites is 1. The van der Waals surface area contributed by atoms with Crippen molar-refractivity contribution < 1.29 is 4.74 Å². The summed E-state index contributed by atoms with van der Waals surface area (Å²) in [6.45, 7) is 1.72. The number of ether oxygens (including phenoxy) is 1. The molecule has 0 saturated heterocycles. The molecule has 1 fully saturated rings. The van der Waals surface area contributed by atoms with Gasteiger partial charge < -0.3 is 10.5 Å². The van der Waals surface area contributed by atoms with Crippen LogP contribution in [0.15, 0.2) is 30.3 Å². The summed E-state index contributed by atoms with van der Waals surface area (Å²) in [6, 6.07) is 10.1. The maximum atomic E-state index is 5.78. The van der Waals surface area contributed by atoms with E-state index in [1.807, 2.05) is 30.3 Å². The van der Waals surface area contributed by atoms with E-state index in [0.717, 1.165) is 30.7 Å². The van der Waals surface area contributed by atoms with Crippen molar-refractivity contribution in [2.45, 2.75) is 25.7 Å². The molecule has 1 aromatic carbocycles. The average Bonchev–Trinajstić information content (AvgIpc) is 2.38. The van der Waals surface area contributed by atoms with Gasteiger partial charge in [-0.15, -0.1) is 12.4 Å². The summed E-state index contributed by atoms with van der Waals surface area (Å²) in [7, 11) is 0. The lowest BCUT2D eigenvalue weighted by Gasteiger charge is -2.27. The topological polar surface area (TPSA) is 35.2 Å². The normalized spacial score (nSPS) is 23.8. The maximum Gasteiger partial charge on any atom is 0.119 e. The number of hydrogen-bond acceptors (Lipinski definition) is 2. The highest BCUT2D eigenvalue weighted by Crippen LogP contribution is 2.28. The number of benzene rings is 1. The first-order valence-electron chi connectivity index (χ1n) is 6.26. The third-order valence-corrected chi connectivity index (χ3v) is 3.53. The maximum absolute atomic E-state index is 5.78. The van der Waals surface area contributed by atoms with Gasteiger partial charge in [-0.05, 0) is 56.2 Å². The van der Waals surface area contributed by atoms with Crippen LogP contribution in [0, 0.1) is 11.8 Å². The third-order valence-electron chi connectivity index (χ3n) is 3.53. The first-order valence-corrected chi connectivity index (χ1v) is 6.26. The molecule has 0 unspecified atom stereocenters. The van der Waals surface area contributed by atoms with E-state index in [9.17, 15) is 0 Å². The number of rotatable bonds is 4. The highest BCUT2D eigenvalue weighted by molar-refractivity contribution is 5.85. The van der Waals surface area contributed by atoms with Gasteiger partial charge in [-0.2, -0.15) is 0 Å². The fourth-order valence-corrected chi connectivity index (χ4v) is 2.36. The molecule has 2 nitrogen and oxygen atoms in total. The van der Waals surface area contributed by atoms with Gasteiger partial charge in [0.2, 0.25) is 0 Å². The zero-order valence-electron chi connectivity index (χ0n) is 10.2. The molecule has 2 N–H and O–H groups in total. The molecule has 0 bridgehead atoms. The van der Waals surface area contributed by atoms with Crippen molar-refractivity contribution in [3.05, 3.63) is 30.3 Å². The molecule has 0 aromatic heterocycles. The molecular weight excluding hydrogens is 234 g/mol. The predicted molar refractivity (Wildman–Crippen MR) is 73.7 cm³/mol. The minimum atomic E-state index is 0. The lowest BCUT2D eigenvalue weighted by Crippen LogP contribution is -2.24. The van der Waals surface area contributed by atoms with Crippen LogP contribution in [0.2, 0.25) is 0 Å². The molecule has 0 heterocycles. The van der Waals surface area contributed by atoms with Crippen molar-refractivity contribution in [1.29, 1.82) is 0 Å². The van der Waals surface area contributed by atoms with Gasteiger partial charge in [-0.25, -0.2) is 0 Å². The van der Waals surface area contributed by atoms with Crippen LogP contribution in [0.25, 0.3) is 0 Å². The number of halogens is 1. The zero-order valence-corrected chi connectivity index (χ0v) is 11.0. The van der Waals surface area contributed by atoms with Crippen molar-refractivity contribution in [2.24, 2.45) is 17.6 Å². The van der Waals surface area contributed by atoms with E-state index in [-0.39, 0.29) is 12.4 Å². The fourth-order valence-electron chi connectivity index (χ4n) is 2.36. The van der Waals surface area contributed by atoms with Gasteiger partial charge in [-0.1, -0.05) is 18.2 Å². The van der Waals surface area contributed by atoms with Crippen molar-refractivity contribution in [3.63, 3.8) is 0 Å². The van der Waals surface area contributed by atoms with Gasteiger partial charge in [0, 0.05) is 0 Å². The Hall–Kier alpha value is -0.730. The SMILES string of the molecule is Cl.NC[C@H]1CC[C@@H](COc2ccccc2)CC1. The summed E-state index contributed by atoms with van der Waals surface area (Å²) in [5.74, 6) is 2.47. The average molecular weight is 256 g/mol. The fraction of sp³-hybridized carbons (Fsp3) is 0.571. The highest BCUT2D eigenvalue weighted by atomic mass is 35.5. The summed E-state index contributed by atoms with van der Waals surface area (Å²) in [5.41, 5.74) is 5.68. The van der Waals surface area contributed by atoms with Gasteiger partial charge in [0.05, 0.1) is 6.61 Å². The summed E-state index contributed by atoms with van der Waals surface area (Å²) < 4.78 is 5.78. The van der Waals surface area contributed by atoms with Gasteiger partial charge in [-0.3, -0.25) is 0 Å². The Morgan fingerprint density at radius 3 is 2.18 bits per heavy atom. The van der Waals surface area contributed by atoms with Crippen LogP contribution in [0.4, 0.5) is 0 Å². The summed E-state index contributed by atoms with van der Waals surface area (Å²) >= 11 is 0. The van der Waals surface area contributed by atoms with E-state index < -0.39 is 0 Å². The van der Waals surface area contributed by atoms with E-state index in [4.69, 9.17) is 10.5 Å². The minimum Gasteiger partial charge on any atom is -0.493 e. The monoisotopic (exact) mass is 255 g/mol. The van der Waals surface area contributed by atoms with Crippen molar-refractivity contribution in [2.75, 3.05) is 13.2 Å². The molecule has 0 radical (unpaired) electrons. The molecule has 17 heavy (non-hydrogen) atoms. The second-order valence-electron chi connectivity index (χ2n) is 4.75. The Labute approximate surface area is 110 Å². The zero-order chi connectivity index (χ0) is 11.2. The van der Waals surface area contributed by atoms with E-state index >= 15 is 0 Å². The molecule has 96 valence electrons. The molecule has 1 aromatic rings. The minimum absolute atomic E-state index is 0. The van der Waals surface area contributed by atoms with Crippen LogP contribution in [0.3, 0.4) is 0 Å². The largest absolute Gasteiger partial charge is 0.493 e. The molecule has 0 atom stereocenters. The Kier molecular flexibility index (Phi) is 6.38. The first-order chi connectivity index (χ1) is 7.88. The van der Waals surface area contributed by atoms with Crippen molar-refractivity contribution in [1.82, 2.24) is 0 Å². The first kappa shape index (κ1) is 14.3. The molecule has 0 amide bonds. The smallest absolute Gasteiger partial charge is 0.119 e. The van der Waals surface area contributed by atoms with E-state index in [0.29, 0.717) is 0 Å². The quantitative estimate of drug-likeness (QED) is 0.896. The van der Waals surface area contributed by atoms with E-state index in [2.05, 4.69) is 0 Å². The number of hydrogen-bond donors (Lipinski definition) is 1. The molecule has 1 aliphatic carbocycles. The molecule has 1 aliphatic rings. The Morgan fingerprint density at radius 2 is 1.59 bits per heavy atom. The lowest BCUT2D eigenvalue weighted by molar-refractivity contribution is 0.185. The Bertz CT molecular complexity index is 296. The van der Waals surface area contributed by atoms with Crippen LogP contribution in [-0.2, 0) is 0 Å². The van der Waals surface area contributed by atoms with Crippen LogP contribution < -0.4 is 10.5 Å². The molecule has 3 heteroatoms. The predicted octanol–water partition coefficient (Wildman–Crippen LogP) is 3.25. The molecule has 0 spiro atoms. The summed E-state index contributed by atoms with van der Waals surface area (Å²) in [6.07, 6.45) is 5.10. The van der Waals surface area contributed by atoms with Crippen molar-refractivity contribution in [3.8, 4) is 5.75 Å². The highest BCUT2D eigenvalue weighted by Gasteiger charge is 2.20.